The summed E-state index contributed by atoms with van der Waals surface area (Å²) in [4.78, 5) is 45.6. The number of carbonyl (C=O) groups excluding carboxylic acids is 1. The molecule has 2 heterocycles. The molecule has 4 rings (SSSR count). The molecule has 1 aliphatic carbocycles. The first kappa shape index (κ1) is 16.5. The third-order valence-electron chi connectivity index (χ3n) is 5.01. The minimum Gasteiger partial charge on any atom is -0.364 e. The van der Waals surface area contributed by atoms with Crippen molar-refractivity contribution in [1.82, 2.24) is 14.9 Å². The van der Waals surface area contributed by atoms with Gasteiger partial charge in [-0.25, -0.2) is 4.98 Å². The number of aromatic amines is 1. The highest BCUT2D eigenvalue weighted by atomic mass is 16.6. The van der Waals surface area contributed by atoms with Crippen LogP contribution in [-0.2, 0) is 4.79 Å². The lowest BCUT2D eigenvalue weighted by Crippen LogP contribution is -2.36. The number of rotatable bonds is 3. The van der Waals surface area contributed by atoms with E-state index in [1.54, 1.807) is 6.07 Å². The van der Waals surface area contributed by atoms with Gasteiger partial charge in [0.25, 0.3) is 11.2 Å². The Morgan fingerprint density at radius 2 is 2.04 bits per heavy atom. The average Bonchev–Trinajstić information content (AvgIpc) is 3.47. The Hall–Kier alpha value is -2.97. The standard InChI is InChI=1S/C17H19N5O4/c23-16-12-8-15(22(25)26)14(9-13(12)18-10-19-16)20-4-1-5-21(7-6-20)17(24)11-2-3-11/h8-11H,1-7H2,(H,18,19,23). The first-order chi connectivity index (χ1) is 12.5. The van der Waals surface area contributed by atoms with Gasteiger partial charge in [-0.15, -0.1) is 0 Å². The zero-order chi connectivity index (χ0) is 18.3. The number of fused-ring (bicyclic) bond motifs is 1. The Morgan fingerprint density at radius 1 is 1.23 bits per heavy atom. The summed E-state index contributed by atoms with van der Waals surface area (Å²) in [5.74, 6) is 0.376. The lowest BCUT2D eigenvalue weighted by Gasteiger charge is -2.23. The molecular formula is C17H19N5O4. The maximum atomic E-state index is 12.3. The summed E-state index contributed by atoms with van der Waals surface area (Å²) in [5.41, 5.74) is 0.352. The van der Waals surface area contributed by atoms with Gasteiger partial charge in [-0.1, -0.05) is 0 Å². The number of amides is 1. The van der Waals surface area contributed by atoms with E-state index in [2.05, 4.69) is 9.97 Å². The van der Waals surface area contributed by atoms with Gasteiger partial charge in [0.1, 0.15) is 5.69 Å². The predicted octanol–water partition coefficient (Wildman–Crippen LogP) is 1.28. The summed E-state index contributed by atoms with van der Waals surface area (Å²) in [5, 5.41) is 11.8. The molecule has 1 aliphatic heterocycles. The highest BCUT2D eigenvalue weighted by Crippen LogP contribution is 2.33. The van der Waals surface area contributed by atoms with E-state index in [1.165, 1.54) is 12.4 Å². The van der Waals surface area contributed by atoms with Crippen molar-refractivity contribution in [3.63, 3.8) is 0 Å². The summed E-state index contributed by atoms with van der Waals surface area (Å²) in [6.07, 6.45) is 3.97. The predicted molar refractivity (Wildman–Crippen MR) is 95.2 cm³/mol. The van der Waals surface area contributed by atoms with Crippen LogP contribution in [0.25, 0.3) is 10.9 Å². The highest BCUT2D eigenvalue weighted by Gasteiger charge is 2.34. The fraction of sp³-hybridized carbons (Fsp3) is 0.471. The van der Waals surface area contributed by atoms with Gasteiger partial charge in [-0.3, -0.25) is 19.7 Å². The Morgan fingerprint density at radius 3 is 2.77 bits per heavy atom. The van der Waals surface area contributed by atoms with E-state index in [-0.39, 0.29) is 22.9 Å². The number of nitrogens with one attached hydrogen (secondary N) is 1. The molecule has 1 amide bonds. The third-order valence-corrected chi connectivity index (χ3v) is 5.01. The summed E-state index contributed by atoms with van der Waals surface area (Å²) in [6, 6.07) is 2.88. The number of hydrogen-bond donors (Lipinski definition) is 1. The van der Waals surface area contributed by atoms with Gasteiger partial charge in [0.2, 0.25) is 5.91 Å². The first-order valence-electron chi connectivity index (χ1n) is 8.74. The molecule has 0 bridgehead atoms. The molecule has 0 atom stereocenters. The van der Waals surface area contributed by atoms with E-state index in [0.717, 1.165) is 19.3 Å². The average molecular weight is 357 g/mol. The van der Waals surface area contributed by atoms with Crippen molar-refractivity contribution in [2.75, 3.05) is 31.1 Å². The van der Waals surface area contributed by atoms with Crippen LogP contribution in [0.4, 0.5) is 11.4 Å². The molecule has 1 saturated heterocycles. The van der Waals surface area contributed by atoms with Crippen LogP contribution in [0.2, 0.25) is 0 Å². The quantitative estimate of drug-likeness (QED) is 0.654. The zero-order valence-corrected chi connectivity index (χ0v) is 14.2. The Bertz CT molecular complexity index is 936. The lowest BCUT2D eigenvalue weighted by molar-refractivity contribution is -0.384. The molecule has 136 valence electrons. The molecule has 2 aromatic rings. The van der Waals surface area contributed by atoms with E-state index in [1.807, 2.05) is 9.80 Å². The number of H-pyrrole nitrogens is 1. The first-order valence-corrected chi connectivity index (χ1v) is 8.74. The van der Waals surface area contributed by atoms with Gasteiger partial charge in [0.15, 0.2) is 0 Å². The normalized spacial score (nSPS) is 18.0. The van der Waals surface area contributed by atoms with E-state index in [0.29, 0.717) is 37.4 Å². The summed E-state index contributed by atoms with van der Waals surface area (Å²) >= 11 is 0. The summed E-state index contributed by atoms with van der Waals surface area (Å²) < 4.78 is 0. The van der Waals surface area contributed by atoms with Crippen LogP contribution in [0.3, 0.4) is 0 Å². The van der Waals surface area contributed by atoms with Crippen LogP contribution in [0.15, 0.2) is 23.3 Å². The number of aromatic nitrogens is 2. The maximum Gasteiger partial charge on any atom is 0.293 e. The molecule has 9 nitrogen and oxygen atoms in total. The Balaban J connectivity index is 1.66. The monoisotopic (exact) mass is 357 g/mol. The zero-order valence-electron chi connectivity index (χ0n) is 14.2. The Labute approximate surface area is 148 Å². The fourth-order valence-corrected chi connectivity index (χ4v) is 3.46. The van der Waals surface area contributed by atoms with Crippen LogP contribution in [-0.4, -0.2) is 51.9 Å². The van der Waals surface area contributed by atoms with Crippen molar-refractivity contribution in [1.29, 1.82) is 0 Å². The lowest BCUT2D eigenvalue weighted by atomic mass is 10.1. The topological polar surface area (TPSA) is 112 Å². The van der Waals surface area contributed by atoms with Gasteiger partial charge < -0.3 is 14.8 Å². The number of carbonyl (C=O) groups is 1. The Kier molecular flexibility index (Phi) is 4.06. The van der Waals surface area contributed by atoms with E-state index < -0.39 is 10.5 Å². The van der Waals surface area contributed by atoms with Crippen molar-refractivity contribution < 1.29 is 9.72 Å². The number of nitrogens with zero attached hydrogens (tertiary/aromatic N) is 4. The molecule has 1 N–H and O–H groups in total. The molecule has 9 heteroatoms. The van der Waals surface area contributed by atoms with E-state index >= 15 is 0 Å². The molecule has 2 aliphatic rings. The van der Waals surface area contributed by atoms with E-state index in [4.69, 9.17) is 0 Å². The fourth-order valence-electron chi connectivity index (χ4n) is 3.46. The number of nitro benzene ring substituents is 1. The van der Waals surface area contributed by atoms with Crippen LogP contribution >= 0.6 is 0 Å². The molecule has 0 radical (unpaired) electrons. The number of hydrogen-bond acceptors (Lipinski definition) is 6. The molecule has 1 aromatic carbocycles. The minimum atomic E-state index is -0.473. The molecule has 0 spiro atoms. The summed E-state index contributed by atoms with van der Waals surface area (Å²) in [6.45, 7) is 2.36. The van der Waals surface area contributed by atoms with Crippen molar-refractivity contribution >= 4 is 28.2 Å². The highest BCUT2D eigenvalue weighted by molar-refractivity contribution is 5.87. The van der Waals surface area contributed by atoms with Crippen LogP contribution < -0.4 is 10.5 Å². The van der Waals surface area contributed by atoms with Gasteiger partial charge in [0.05, 0.1) is 22.2 Å². The smallest absolute Gasteiger partial charge is 0.293 e. The molecule has 0 unspecified atom stereocenters. The largest absolute Gasteiger partial charge is 0.364 e. The van der Waals surface area contributed by atoms with Gasteiger partial charge in [-0.05, 0) is 25.3 Å². The molecular weight excluding hydrogens is 338 g/mol. The van der Waals surface area contributed by atoms with Crippen LogP contribution in [0, 0.1) is 16.0 Å². The molecule has 2 fully saturated rings. The van der Waals surface area contributed by atoms with Gasteiger partial charge in [-0.2, -0.15) is 0 Å². The molecule has 1 saturated carbocycles. The number of anilines is 1. The van der Waals surface area contributed by atoms with E-state index in [9.17, 15) is 19.7 Å². The minimum absolute atomic E-state index is 0.113. The third kappa shape index (κ3) is 3.00. The second-order valence-electron chi connectivity index (χ2n) is 6.79. The van der Waals surface area contributed by atoms with Crippen LogP contribution in [0.1, 0.15) is 19.3 Å². The van der Waals surface area contributed by atoms with Crippen molar-refractivity contribution in [3.05, 3.63) is 38.9 Å². The SMILES string of the molecule is O=C(C1CC1)N1CCCN(c2cc3nc[nH]c(=O)c3cc2[N+](=O)[O-])CC1. The molecule has 26 heavy (non-hydrogen) atoms. The second-order valence-corrected chi connectivity index (χ2v) is 6.79. The van der Waals surface area contributed by atoms with Crippen molar-refractivity contribution in [2.24, 2.45) is 5.92 Å². The maximum absolute atomic E-state index is 12.3. The summed E-state index contributed by atoms with van der Waals surface area (Å²) in [7, 11) is 0. The van der Waals surface area contributed by atoms with Crippen molar-refractivity contribution in [2.45, 2.75) is 19.3 Å². The van der Waals surface area contributed by atoms with Gasteiger partial charge >= 0.3 is 0 Å². The van der Waals surface area contributed by atoms with Gasteiger partial charge in [0, 0.05) is 38.2 Å². The second kappa shape index (κ2) is 6.40. The van der Waals surface area contributed by atoms with Crippen molar-refractivity contribution in [3.8, 4) is 0 Å². The number of benzene rings is 1. The van der Waals surface area contributed by atoms with Crippen LogP contribution in [0.5, 0.6) is 0 Å². The number of nitro groups is 1. The molecule has 1 aromatic heterocycles.